The molecule has 3 aliphatic rings. The molecular formula is C22H27N3O2. The summed E-state index contributed by atoms with van der Waals surface area (Å²) >= 11 is 0. The van der Waals surface area contributed by atoms with Crippen molar-refractivity contribution in [1.82, 2.24) is 14.7 Å². The Morgan fingerprint density at radius 2 is 2.07 bits per heavy atom. The third kappa shape index (κ3) is 2.62. The number of nitrogens with zero attached hydrogens (tertiary/aromatic N) is 3. The van der Waals surface area contributed by atoms with E-state index < -0.39 is 0 Å². The lowest BCUT2D eigenvalue weighted by molar-refractivity contribution is -0.134. The van der Waals surface area contributed by atoms with Gasteiger partial charge in [-0.25, -0.2) is 0 Å². The molecule has 0 N–H and O–H groups in total. The highest BCUT2D eigenvalue weighted by molar-refractivity contribution is 6.05. The molecule has 27 heavy (non-hydrogen) atoms. The smallest absolute Gasteiger partial charge is 0.244 e. The molecule has 2 aromatic rings. The van der Waals surface area contributed by atoms with Crippen molar-refractivity contribution < 1.29 is 9.59 Å². The molecule has 2 aliphatic heterocycles. The zero-order valence-electron chi connectivity index (χ0n) is 16.2. The van der Waals surface area contributed by atoms with E-state index in [0.29, 0.717) is 23.2 Å². The third-order valence-electron chi connectivity index (χ3n) is 6.98. The SMILES string of the molecule is CC(=O)c1nn2c3c(cccc13)CCCCC[C@@H]1CC3(C)C[C@H]3N1C(=O)C2. The Morgan fingerprint density at radius 1 is 1.22 bits per heavy atom. The molecular weight excluding hydrogens is 338 g/mol. The van der Waals surface area contributed by atoms with Crippen LogP contribution in [0.5, 0.6) is 0 Å². The van der Waals surface area contributed by atoms with Crippen molar-refractivity contribution in [3.05, 3.63) is 29.5 Å². The van der Waals surface area contributed by atoms with Crippen LogP contribution in [0.1, 0.15) is 68.4 Å². The second-order valence-corrected chi connectivity index (χ2v) is 9.01. The Hall–Kier alpha value is -2.17. The lowest BCUT2D eigenvalue weighted by Crippen LogP contribution is -2.40. The average Bonchev–Trinajstić information content (AvgIpc) is 2.99. The molecule has 5 nitrogen and oxygen atoms in total. The minimum atomic E-state index is -0.0403. The Kier molecular flexibility index (Phi) is 3.72. The monoisotopic (exact) mass is 365 g/mol. The summed E-state index contributed by atoms with van der Waals surface area (Å²) < 4.78 is 1.81. The molecule has 1 amide bonds. The second kappa shape index (κ2) is 5.91. The van der Waals surface area contributed by atoms with Crippen molar-refractivity contribution in [3.63, 3.8) is 0 Å². The van der Waals surface area contributed by atoms with Gasteiger partial charge in [0.2, 0.25) is 5.91 Å². The molecule has 1 aromatic carbocycles. The molecule has 0 bridgehead atoms. The normalized spacial score (nSPS) is 30.4. The fourth-order valence-electron chi connectivity index (χ4n) is 5.52. The van der Waals surface area contributed by atoms with Crippen molar-refractivity contribution in [1.29, 1.82) is 0 Å². The Labute approximate surface area is 159 Å². The van der Waals surface area contributed by atoms with Gasteiger partial charge in [-0.05, 0) is 43.1 Å². The zero-order valence-corrected chi connectivity index (χ0v) is 16.2. The molecule has 1 saturated heterocycles. The summed E-state index contributed by atoms with van der Waals surface area (Å²) in [6, 6.07) is 6.89. The van der Waals surface area contributed by atoms with E-state index in [1.54, 1.807) is 11.6 Å². The highest BCUT2D eigenvalue weighted by Crippen LogP contribution is 2.59. The van der Waals surface area contributed by atoms with E-state index >= 15 is 0 Å². The first-order chi connectivity index (χ1) is 13.0. The number of carbonyl (C=O) groups is 2. The maximum absolute atomic E-state index is 13.3. The van der Waals surface area contributed by atoms with Crippen LogP contribution in [0.4, 0.5) is 0 Å². The minimum Gasteiger partial charge on any atom is -0.335 e. The number of carbonyl (C=O) groups excluding carboxylic acids is 2. The van der Waals surface area contributed by atoms with Crippen LogP contribution in [0.15, 0.2) is 18.2 Å². The Morgan fingerprint density at radius 3 is 2.89 bits per heavy atom. The van der Waals surface area contributed by atoms with Gasteiger partial charge in [-0.1, -0.05) is 38.0 Å². The first kappa shape index (κ1) is 17.0. The van der Waals surface area contributed by atoms with E-state index in [1.807, 2.05) is 12.1 Å². The summed E-state index contributed by atoms with van der Waals surface area (Å²) in [5.41, 5.74) is 3.01. The van der Waals surface area contributed by atoms with Gasteiger partial charge in [0.15, 0.2) is 5.78 Å². The molecule has 1 saturated carbocycles. The highest BCUT2D eigenvalue weighted by Gasteiger charge is 2.62. The number of ketones is 1. The fraction of sp³-hybridized carbons (Fsp3) is 0.591. The van der Waals surface area contributed by atoms with Gasteiger partial charge in [0, 0.05) is 24.4 Å². The van der Waals surface area contributed by atoms with E-state index in [2.05, 4.69) is 23.0 Å². The molecule has 3 atom stereocenters. The molecule has 1 aliphatic carbocycles. The number of rotatable bonds is 1. The van der Waals surface area contributed by atoms with Crippen LogP contribution in [0, 0.1) is 5.41 Å². The van der Waals surface area contributed by atoms with Crippen molar-refractivity contribution in [3.8, 4) is 0 Å². The molecule has 5 rings (SSSR count). The van der Waals surface area contributed by atoms with Crippen molar-refractivity contribution in [2.45, 2.75) is 77.4 Å². The summed E-state index contributed by atoms with van der Waals surface area (Å²) in [5.74, 6) is 0.127. The van der Waals surface area contributed by atoms with Gasteiger partial charge in [0.05, 0.1) is 5.52 Å². The van der Waals surface area contributed by atoms with Crippen LogP contribution < -0.4 is 0 Å². The molecule has 0 radical (unpaired) electrons. The quantitative estimate of drug-likeness (QED) is 0.724. The zero-order chi connectivity index (χ0) is 18.8. The third-order valence-corrected chi connectivity index (χ3v) is 6.98. The van der Waals surface area contributed by atoms with Crippen LogP contribution in [0.25, 0.3) is 10.9 Å². The summed E-state index contributed by atoms with van der Waals surface area (Å²) in [6.07, 6.45) is 7.89. The molecule has 5 heteroatoms. The number of hydrogen-bond donors (Lipinski definition) is 0. The van der Waals surface area contributed by atoms with E-state index in [0.717, 1.165) is 43.0 Å². The number of amides is 1. The number of fused-ring (bicyclic) bond motifs is 3. The van der Waals surface area contributed by atoms with E-state index in [4.69, 9.17) is 0 Å². The Balaban J connectivity index is 1.60. The molecule has 1 aromatic heterocycles. The molecule has 3 heterocycles. The van der Waals surface area contributed by atoms with Crippen LogP contribution in [-0.4, -0.2) is 38.5 Å². The molecule has 0 spiro atoms. The second-order valence-electron chi connectivity index (χ2n) is 9.01. The number of aryl methyl sites for hydroxylation is 1. The predicted octanol–water partition coefficient (Wildman–Crippen LogP) is 3.73. The number of para-hydroxylation sites is 1. The summed E-state index contributed by atoms with van der Waals surface area (Å²) in [5, 5.41) is 5.48. The van der Waals surface area contributed by atoms with Crippen molar-refractivity contribution in [2.75, 3.05) is 0 Å². The first-order valence-electron chi connectivity index (χ1n) is 10.3. The molecule has 1 unspecified atom stereocenters. The number of aromatic nitrogens is 2. The van der Waals surface area contributed by atoms with Crippen LogP contribution >= 0.6 is 0 Å². The minimum absolute atomic E-state index is 0.0403. The van der Waals surface area contributed by atoms with Gasteiger partial charge < -0.3 is 4.90 Å². The van der Waals surface area contributed by atoms with E-state index in [-0.39, 0.29) is 18.2 Å². The summed E-state index contributed by atoms with van der Waals surface area (Å²) in [6.45, 7) is 4.12. The standard InChI is InChI=1S/C22H27N3O2/c1-14(26)20-17-10-6-8-15-7-4-3-5-9-16-11-22(2)12-18(22)25(16)19(27)13-24(23-20)21(15)17/h6,8,10,16,18H,3-5,7,9,11-13H2,1-2H3/t16-,18-,22?/m1/s1. The van der Waals surface area contributed by atoms with Crippen LogP contribution in [0.3, 0.4) is 0 Å². The highest BCUT2D eigenvalue weighted by atomic mass is 16.2. The van der Waals surface area contributed by atoms with Gasteiger partial charge in [-0.3, -0.25) is 14.3 Å². The van der Waals surface area contributed by atoms with Crippen molar-refractivity contribution in [2.24, 2.45) is 5.41 Å². The number of Topliss-reactive ketones (excluding diaryl/α,β-unsaturated/α-hetero) is 1. The molecule has 142 valence electrons. The van der Waals surface area contributed by atoms with Gasteiger partial charge in [-0.15, -0.1) is 0 Å². The van der Waals surface area contributed by atoms with Gasteiger partial charge in [0.25, 0.3) is 0 Å². The fourth-order valence-corrected chi connectivity index (χ4v) is 5.52. The van der Waals surface area contributed by atoms with Crippen molar-refractivity contribution >= 4 is 22.6 Å². The summed E-state index contributed by atoms with van der Waals surface area (Å²) in [7, 11) is 0. The van der Waals surface area contributed by atoms with Gasteiger partial charge in [-0.2, -0.15) is 5.10 Å². The molecule has 2 fully saturated rings. The lowest BCUT2D eigenvalue weighted by Gasteiger charge is -2.28. The summed E-state index contributed by atoms with van der Waals surface area (Å²) in [4.78, 5) is 27.6. The lowest BCUT2D eigenvalue weighted by atomic mass is 9.96. The number of benzene rings is 1. The average molecular weight is 365 g/mol. The number of hydrogen-bond acceptors (Lipinski definition) is 3. The maximum Gasteiger partial charge on any atom is 0.244 e. The number of piperidine rings is 1. The van der Waals surface area contributed by atoms with Gasteiger partial charge in [0.1, 0.15) is 12.2 Å². The predicted molar refractivity (Wildman–Crippen MR) is 104 cm³/mol. The maximum atomic E-state index is 13.3. The van der Waals surface area contributed by atoms with E-state index in [1.165, 1.54) is 18.4 Å². The van der Waals surface area contributed by atoms with E-state index in [9.17, 15) is 9.59 Å². The van der Waals surface area contributed by atoms with Crippen LogP contribution in [-0.2, 0) is 17.8 Å². The first-order valence-corrected chi connectivity index (χ1v) is 10.3. The Bertz CT molecular complexity index is 946. The topological polar surface area (TPSA) is 55.2 Å². The van der Waals surface area contributed by atoms with Crippen LogP contribution in [0.2, 0.25) is 0 Å². The largest absolute Gasteiger partial charge is 0.335 e. The van der Waals surface area contributed by atoms with Gasteiger partial charge >= 0.3 is 0 Å².